The molecule has 0 spiro atoms. The van der Waals surface area contributed by atoms with E-state index in [1.165, 1.54) is 0 Å². The number of nitrogen functional groups attached to an aromatic ring is 1. The van der Waals surface area contributed by atoms with Crippen LogP contribution < -0.4 is 11.1 Å². The Morgan fingerprint density at radius 1 is 1.20 bits per heavy atom. The Bertz CT molecular complexity index is 578. The van der Waals surface area contributed by atoms with Crippen molar-refractivity contribution in [2.24, 2.45) is 0 Å². The number of hydrogen-bond donors (Lipinski definition) is 3. The van der Waals surface area contributed by atoms with Crippen molar-refractivity contribution in [3.63, 3.8) is 0 Å². The van der Waals surface area contributed by atoms with Gasteiger partial charge in [0.2, 0.25) is 0 Å². The fourth-order valence-corrected chi connectivity index (χ4v) is 1.84. The van der Waals surface area contributed by atoms with E-state index < -0.39 is 17.7 Å². The summed E-state index contributed by atoms with van der Waals surface area (Å²) in [5.74, 6) is -2.30. The highest BCUT2D eigenvalue weighted by Gasteiger charge is 2.14. The Labute approximate surface area is 115 Å². The van der Waals surface area contributed by atoms with Crippen LogP contribution >= 0.6 is 0 Å². The van der Waals surface area contributed by atoms with Crippen molar-refractivity contribution in [3.05, 3.63) is 53.6 Å². The zero-order valence-corrected chi connectivity index (χ0v) is 10.7. The van der Waals surface area contributed by atoms with Crippen LogP contribution in [-0.4, -0.2) is 22.7 Å². The average Bonchev–Trinajstić information content (AvgIpc) is 2.45. The molecule has 0 fully saturated rings. The van der Waals surface area contributed by atoms with Crippen LogP contribution in [0.4, 0.5) is 20.4 Å². The van der Waals surface area contributed by atoms with Crippen molar-refractivity contribution in [1.29, 1.82) is 0 Å². The van der Waals surface area contributed by atoms with Gasteiger partial charge in [-0.2, -0.15) is 0 Å². The first-order chi connectivity index (χ1) is 9.60. The van der Waals surface area contributed by atoms with Gasteiger partial charge >= 0.3 is 0 Å². The van der Waals surface area contributed by atoms with E-state index >= 15 is 0 Å². The van der Waals surface area contributed by atoms with Gasteiger partial charge in [0.15, 0.2) is 23.3 Å². The molecule has 1 aromatic heterocycles. The highest BCUT2D eigenvalue weighted by Crippen LogP contribution is 2.18. The second-order valence-corrected chi connectivity index (χ2v) is 4.40. The molecule has 1 unspecified atom stereocenters. The molecule has 0 aliphatic carbocycles. The summed E-state index contributed by atoms with van der Waals surface area (Å²) in [5, 5.41) is 12.1. The number of aliphatic hydroxyl groups is 1. The van der Waals surface area contributed by atoms with Gasteiger partial charge in [-0.3, -0.25) is 0 Å². The van der Waals surface area contributed by atoms with Gasteiger partial charge in [-0.05, 0) is 12.0 Å². The lowest BCUT2D eigenvalue weighted by Crippen LogP contribution is -2.27. The Morgan fingerprint density at radius 3 is 2.55 bits per heavy atom. The number of nitrogens with two attached hydrogens (primary N) is 1. The van der Waals surface area contributed by atoms with E-state index in [1.54, 1.807) is 0 Å². The standard InChI is InChI=1S/C14H15F2N3O/c15-11-7-12(16)14(19-13(11)17)18-10(8-20)6-9-4-2-1-3-5-9/h1-5,7,10,20H,6,8H2,(H3,17,18,19). The quantitative estimate of drug-likeness (QED) is 0.782. The van der Waals surface area contributed by atoms with Crippen LogP contribution in [0.1, 0.15) is 5.56 Å². The number of rotatable bonds is 5. The van der Waals surface area contributed by atoms with Gasteiger partial charge < -0.3 is 16.2 Å². The molecular formula is C14H15F2N3O. The SMILES string of the molecule is Nc1nc(NC(CO)Cc2ccccc2)c(F)cc1F. The maximum Gasteiger partial charge on any atom is 0.168 e. The van der Waals surface area contributed by atoms with E-state index in [1.807, 2.05) is 30.3 Å². The van der Waals surface area contributed by atoms with Crippen molar-refractivity contribution in [2.75, 3.05) is 17.7 Å². The first-order valence-electron chi connectivity index (χ1n) is 6.13. The van der Waals surface area contributed by atoms with Crippen molar-refractivity contribution >= 4 is 11.6 Å². The molecular weight excluding hydrogens is 264 g/mol. The lowest BCUT2D eigenvalue weighted by atomic mass is 10.1. The van der Waals surface area contributed by atoms with E-state index in [0.717, 1.165) is 5.56 Å². The smallest absolute Gasteiger partial charge is 0.168 e. The van der Waals surface area contributed by atoms with Crippen molar-refractivity contribution in [3.8, 4) is 0 Å². The Balaban J connectivity index is 2.12. The van der Waals surface area contributed by atoms with E-state index in [2.05, 4.69) is 10.3 Å². The van der Waals surface area contributed by atoms with Crippen molar-refractivity contribution < 1.29 is 13.9 Å². The molecule has 106 valence electrons. The Hall–Kier alpha value is -2.21. The second kappa shape index (κ2) is 6.29. The normalized spacial score (nSPS) is 12.2. The summed E-state index contributed by atoms with van der Waals surface area (Å²) in [5.41, 5.74) is 6.29. The summed E-state index contributed by atoms with van der Waals surface area (Å²) in [4.78, 5) is 3.61. The van der Waals surface area contributed by atoms with Crippen molar-refractivity contribution in [2.45, 2.75) is 12.5 Å². The van der Waals surface area contributed by atoms with Crippen LogP contribution in [0.5, 0.6) is 0 Å². The monoisotopic (exact) mass is 279 g/mol. The molecule has 2 rings (SSSR count). The number of nitrogens with one attached hydrogen (secondary N) is 1. The van der Waals surface area contributed by atoms with E-state index in [0.29, 0.717) is 12.5 Å². The number of anilines is 2. The van der Waals surface area contributed by atoms with Gasteiger partial charge in [0, 0.05) is 6.07 Å². The van der Waals surface area contributed by atoms with E-state index in [-0.39, 0.29) is 18.2 Å². The molecule has 20 heavy (non-hydrogen) atoms. The molecule has 2 aromatic rings. The van der Waals surface area contributed by atoms with Gasteiger partial charge in [-0.15, -0.1) is 0 Å². The van der Waals surface area contributed by atoms with Gasteiger partial charge in [0.25, 0.3) is 0 Å². The lowest BCUT2D eigenvalue weighted by molar-refractivity contribution is 0.273. The zero-order chi connectivity index (χ0) is 14.5. The molecule has 0 saturated carbocycles. The number of aliphatic hydroxyl groups excluding tert-OH is 1. The number of aromatic nitrogens is 1. The van der Waals surface area contributed by atoms with Crippen LogP contribution in [0.25, 0.3) is 0 Å². The summed E-state index contributed by atoms with van der Waals surface area (Å²) in [6.07, 6.45) is 0.482. The average molecular weight is 279 g/mol. The first kappa shape index (κ1) is 14.2. The summed E-state index contributed by atoms with van der Waals surface area (Å²) in [7, 11) is 0. The summed E-state index contributed by atoms with van der Waals surface area (Å²) in [6, 6.07) is 9.65. The predicted octanol–water partition coefficient (Wildman–Crippen LogP) is 1.96. The molecule has 4 nitrogen and oxygen atoms in total. The molecule has 1 heterocycles. The molecule has 1 aromatic carbocycles. The third-order valence-corrected chi connectivity index (χ3v) is 2.84. The van der Waals surface area contributed by atoms with Crippen LogP contribution in [0.2, 0.25) is 0 Å². The molecule has 6 heteroatoms. The molecule has 0 amide bonds. The molecule has 1 atom stereocenters. The van der Waals surface area contributed by atoms with Gasteiger partial charge in [0.05, 0.1) is 12.6 Å². The summed E-state index contributed by atoms with van der Waals surface area (Å²) in [6.45, 7) is -0.215. The van der Waals surface area contributed by atoms with E-state index in [9.17, 15) is 13.9 Å². The summed E-state index contributed by atoms with van der Waals surface area (Å²) < 4.78 is 26.6. The number of hydrogen-bond acceptors (Lipinski definition) is 4. The Morgan fingerprint density at radius 2 is 1.90 bits per heavy atom. The minimum absolute atomic E-state index is 0.168. The molecule has 4 N–H and O–H groups in total. The van der Waals surface area contributed by atoms with Crippen LogP contribution in [-0.2, 0) is 6.42 Å². The van der Waals surface area contributed by atoms with Crippen molar-refractivity contribution in [1.82, 2.24) is 4.98 Å². The van der Waals surface area contributed by atoms with Crippen LogP contribution in [0, 0.1) is 11.6 Å². The Kier molecular flexibility index (Phi) is 4.47. The maximum absolute atomic E-state index is 13.6. The fourth-order valence-electron chi connectivity index (χ4n) is 1.84. The number of halogens is 2. The summed E-state index contributed by atoms with van der Waals surface area (Å²) >= 11 is 0. The number of nitrogens with zero attached hydrogens (tertiary/aromatic N) is 1. The van der Waals surface area contributed by atoms with Crippen LogP contribution in [0.3, 0.4) is 0 Å². The number of pyridine rings is 1. The fraction of sp³-hybridized carbons (Fsp3) is 0.214. The van der Waals surface area contributed by atoms with Crippen LogP contribution in [0.15, 0.2) is 36.4 Å². The van der Waals surface area contributed by atoms with Gasteiger partial charge in [-0.25, -0.2) is 13.8 Å². The second-order valence-electron chi connectivity index (χ2n) is 4.40. The molecule has 0 radical (unpaired) electrons. The highest BCUT2D eigenvalue weighted by atomic mass is 19.1. The molecule has 0 bridgehead atoms. The maximum atomic E-state index is 13.6. The third-order valence-electron chi connectivity index (χ3n) is 2.84. The van der Waals surface area contributed by atoms with Gasteiger partial charge in [-0.1, -0.05) is 30.3 Å². The zero-order valence-electron chi connectivity index (χ0n) is 10.7. The minimum atomic E-state index is -0.906. The first-order valence-corrected chi connectivity index (χ1v) is 6.13. The number of benzene rings is 1. The van der Waals surface area contributed by atoms with E-state index in [4.69, 9.17) is 5.73 Å². The third kappa shape index (κ3) is 3.42. The lowest BCUT2D eigenvalue weighted by Gasteiger charge is -2.17. The largest absolute Gasteiger partial charge is 0.394 e. The van der Waals surface area contributed by atoms with Gasteiger partial charge in [0.1, 0.15) is 0 Å². The topological polar surface area (TPSA) is 71.2 Å². The molecule has 0 saturated heterocycles. The molecule has 0 aliphatic heterocycles. The minimum Gasteiger partial charge on any atom is -0.394 e. The predicted molar refractivity (Wildman–Crippen MR) is 73.2 cm³/mol. The highest BCUT2D eigenvalue weighted by molar-refractivity contribution is 5.45. The molecule has 0 aliphatic rings.